The highest BCUT2D eigenvalue weighted by atomic mass is 32.3. The summed E-state index contributed by atoms with van der Waals surface area (Å²) < 4.78 is 38.2. The highest BCUT2D eigenvalue weighted by Gasteiger charge is 2.59. The summed E-state index contributed by atoms with van der Waals surface area (Å²) in [5.74, 6) is 4.78. The smallest absolute Gasteiger partial charge is 0.217 e. The van der Waals surface area contributed by atoms with Crippen LogP contribution in [0.1, 0.15) is 105 Å². The van der Waals surface area contributed by atoms with Crippen molar-refractivity contribution in [2.45, 2.75) is 111 Å². The predicted octanol–water partition coefficient (Wildman–Crippen LogP) is 7.25. The van der Waals surface area contributed by atoms with Crippen molar-refractivity contribution in [3.8, 4) is 0 Å². The summed E-state index contributed by atoms with van der Waals surface area (Å²) >= 11 is 0. The molecule has 4 aliphatic carbocycles. The molecular formula is C27H49NO4S. The van der Waals surface area contributed by atoms with Crippen LogP contribution in [0.15, 0.2) is 11.6 Å². The van der Waals surface area contributed by atoms with Crippen LogP contribution in [0.4, 0.5) is 0 Å². The van der Waals surface area contributed by atoms with Gasteiger partial charge in [-0.05, 0) is 97.7 Å². The van der Waals surface area contributed by atoms with Crippen molar-refractivity contribution in [1.29, 1.82) is 0 Å². The molecule has 3 fully saturated rings. The molecule has 0 aromatic rings. The Hall–Kier alpha value is -0.430. The number of rotatable bonds is 7. The largest absolute Gasteiger partial charge is 0.726 e. The maximum Gasteiger partial charge on any atom is 0.217 e. The third-order valence-electron chi connectivity index (χ3n) is 10.5. The lowest BCUT2D eigenvalue weighted by atomic mass is 9.47. The average molecular weight is 484 g/mol. The first kappa shape index (κ1) is 27.2. The topological polar surface area (TPSA) is 103 Å². The quantitative estimate of drug-likeness (QED) is 0.234. The molecule has 4 N–H and O–H groups in total. The van der Waals surface area contributed by atoms with E-state index in [0.29, 0.717) is 24.2 Å². The molecule has 0 aliphatic heterocycles. The molecule has 0 radical (unpaired) electrons. The highest BCUT2D eigenvalue weighted by molar-refractivity contribution is 7.80. The highest BCUT2D eigenvalue weighted by Crippen LogP contribution is 2.67. The molecule has 0 bridgehead atoms. The van der Waals surface area contributed by atoms with Gasteiger partial charge in [0.2, 0.25) is 10.4 Å². The summed E-state index contributed by atoms with van der Waals surface area (Å²) in [7, 11) is -4.63. The van der Waals surface area contributed by atoms with Gasteiger partial charge in [0.1, 0.15) is 0 Å². The Kier molecular flexibility index (Phi) is 8.15. The number of hydrogen-bond donors (Lipinski definition) is 1. The fraction of sp³-hybridized carbons (Fsp3) is 0.926. The molecule has 1 unspecified atom stereocenters. The monoisotopic (exact) mass is 483 g/mol. The maximum atomic E-state index is 11.1. The Morgan fingerprint density at radius 2 is 1.79 bits per heavy atom. The fourth-order valence-electron chi connectivity index (χ4n) is 8.90. The molecule has 6 heteroatoms. The molecule has 4 aliphatic rings. The van der Waals surface area contributed by atoms with Gasteiger partial charge in [0.05, 0.1) is 6.10 Å². The number of allylic oxidation sites excluding steroid dienone is 1. The molecule has 5 nitrogen and oxygen atoms in total. The minimum atomic E-state index is -4.63. The molecule has 0 spiro atoms. The SMILES string of the molecule is CC(C)CCC[C@@H](C)[C@H]1CC[C@H]2[C@@H]3CC=C4CC(OS(=O)(=O)[O-])CC[C@]4(C)[C@H]3CC[C@]12C.[NH4+]. The van der Waals surface area contributed by atoms with E-state index in [2.05, 4.69) is 40.7 Å². The zero-order valence-corrected chi connectivity index (χ0v) is 22.8. The van der Waals surface area contributed by atoms with Gasteiger partial charge in [-0.25, -0.2) is 8.42 Å². The van der Waals surface area contributed by atoms with Crippen LogP contribution in [-0.4, -0.2) is 19.1 Å². The summed E-state index contributed by atoms with van der Waals surface area (Å²) in [6.07, 6.45) is 14.8. The van der Waals surface area contributed by atoms with Crippen molar-refractivity contribution >= 4 is 10.4 Å². The van der Waals surface area contributed by atoms with Crippen LogP contribution in [0, 0.1) is 46.3 Å². The number of hydrogen-bond acceptors (Lipinski definition) is 4. The second kappa shape index (κ2) is 9.91. The van der Waals surface area contributed by atoms with E-state index in [4.69, 9.17) is 4.18 Å². The number of fused-ring (bicyclic) bond motifs is 5. The van der Waals surface area contributed by atoms with Gasteiger partial charge in [0.25, 0.3) is 0 Å². The van der Waals surface area contributed by atoms with Crippen LogP contribution in [0.3, 0.4) is 0 Å². The molecule has 0 saturated heterocycles. The number of quaternary nitrogens is 1. The first-order chi connectivity index (χ1) is 14.9. The van der Waals surface area contributed by atoms with E-state index in [1.54, 1.807) is 0 Å². The third-order valence-corrected chi connectivity index (χ3v) is 11.0. The van der Waals surface area contributed by atoms with Crippen LogP contribution in [-0.2, 0) is 14.6 Å². The van der Waals surface area contributed by atoms with Crippen molar-refractivity contribution < 1.29 is 17.2 Å². The van der Waals surface area contributed by atoms with Gasteiger partial charge in [-0.1, -0.05) is 65.5 Å². The zero-order valence-electron chi connectivity index (χ0n) is 21.9. The molecular weight excluding hydrogens is 434 g/mol. The van der Waals surface area contributed by atoms with Crippen molar-refractivity contribution in [3.05, 3.63) is 11.6 Å². The Balaban J connectivity index is 0.00000306. The summed E-state index contributed by atoms with van der Waals surface area (Å²) in [5, 5.41) is 0. The first-order valence-electron chi connectivity index (χ1n) is 13.3. The van der Waals surface area contributed by atoms with E-state index in [9.17, 15) is 13.0 Å². The molecule has 0 aromatic heterocycles. The van der Waals surface area contributed by atoms with Gasteiger partial charge in [-0.15, -0.1) is 0 Å². The van der Waals surface area contributed by atoms with Gasteiger partial charge in [-0.2, -0.15) is 0 Å². The standard InChI is InChI=1S/C27H46O4S.H3N/c1-18(2)7-6-8-19(3)23-11-12-24-22-10-9-20-17-21(31-32(28,29)30)13-15-26(20,4)25(22)14-16-27(23,24)5;/h9,18-19,21-25H,6-8,10-17H2,1-5H3,(H,28,29,30);1H3/t19-,21?,22+,23-,24+,25+,26+,27-;/m1./s1. The van der Waals surface area contributed by atoms with E-state index < -0.39 is 16.5 Å². The van der Waals surface area contributed by atoms with Crippen molar-refractivity contribution in [3.63, 3.8) is 0 Å². The molecule has 0 amide bonds. The lowest BCUT2D eigenvalue weighted by Gasteiger charge is -2.58. The first-order valence-corrected chi connectivity index (χ1v) is 14.6. The summed E-state index contributed by atoms with van der Waals surface area (Å²) in [5.41, 5.74) is 1.99. The lowest BCUT2D eigenvalue weighted by Crippen LogP contribution is -2.51. The molecule has 33 heavy (non-hydrogen) atoms. The maximum absolute atomic E-state index is 11.1. The van der Waals surface area contributed by atoms with Crippen molar-refractivity contribution in [2.24, 2.45) is 46.3 Å². The van der Waals surface area contributed by atoms with E-state index in [-0.39, 0.29) is 11.6 Å². The van der Waals surface area contributed by atoms with Gasteiger partial charge in [0, 0.05) is 0 Å². The average Bonchev–Trinajstić information content (AvgIpc) is 3.04. The van der Waals surface area contributed by atoms with E-state index >= 15 is 0 Å². The normalized spacial score (nSPS) is 41.4. The van der Waals surface area contributed by atoms with Crippen molar-refractivity contribution in [1.82, 2.24) is 6.15 Å². The Morgan fingerprint density at radius 1 is 1.06 bits per heavy atom. The molecule has 0 heterocycles. The van der Waals surface area contributed by atoms with Gasteiger partial charge < -0.3 is 10.7 Å². The van der Waals surface area contributed by atoms with Gasteiger partial charge >= 0.3 is 0 Å². The van der Waals surface area contributed by atoms with Gasteiger partial charge in [0.15, 0.2) is 0 Å². The Bertz CT molecular complexity index is 824. The predicted molar refractivity (Wildman–Crippen MR) is 134 cm³/mol. The molecule has 0 aromatic carbocycles. The third kappa shape index (κ3) is 5.24. The van der Waals surface area contributed by atoms with Crippen LogP contribution in [0.25, 0.3) is 0 Å². The fourth-order valence-corrected chi connectivity index (χ4v) is 9.40. The van der Waals surface area contributed by atoms with Crippen LogP contribution >= 0.6 is 0 Å². The molecule has 3 saturated carbocycles. The van der Waals surface area contributed by atoms with Crippen LogP contribution < -0.4 is 6.15 Å². The summed E-state index contributed by atoms with van der Waals surface area (Å²) in [4.78, 5) is 0. The lowest BCUT2D eigenvalue weighted by molar-refractivity contribution is -0.0561. The summed E-state index contributed by atoms with van der Waals surface area (Å²) in [6.45, 7) is 12.2. The minimum Gasteiger partial charge on any atom is -0.726 e. The van der Waals surface area contributed by atoms with E-state index in [0.717, 1.165) is 42.4 Å². The minimum absolute atomic E-state index is 0. The Morgan fingerprint density at radius 3 is 2.45 bits per heavy atom. The van der Waals surface area contributed by atoms with E-state index in [1.165, 1.54) is 50.5 Å². The Labute approximate surface area is 203 Å². The van der Waals surface area contributed by atoms with Gasteiger partial charge in [-0.3, -0.25) is 4.18 Å². The molecule has 8 atom stereocenters. The van der Waals surface area contributed by atoms with Crippen molar-refractivity contribution in [2.75, 3.05) is 0 Å². The van der Waals surface area contributed by atoms with Crippen LogP contribution in [0.5, 0.6) is 0 Å². The zero-order chi connectivity index (χ0) is 23.3. The second-order valence-corrected chi connectivity index (χ2v) is 13.7. The molecule has 4 rings (SSSR count). The summed E-state index contributed by atoms with van der Waals surface area (Å²) in [6, 6.07) is 0. The molecule has 192 valence electrons. The second-order valence-electron chi connectivity index (χ2n) is 12.7. The van der Waals surface area contributed by atoms with Crippen LogP contribution in [0.2, 0.25) is 0 Å². The van der Waals surface area contributed by atoms with E-state index in [1.807, 2.05) is 0 Å².